The highest BCUT2D eigenvalue weighted by atomic mass is 32.2. The van der Waals surface area contributed by atoms with Crippen LogP contribution >= 0.6 is 0 Å². The molecule has 18 heavy (non-hydrogen) atoms. The van der Waals surface area contributed by atoms with Crippen LogP contribution in [0.1, 0.15) is 40.0 Å². The maximum Gasteiger partial charge on any atom is 0.216 e. The van der Waals surface area contributed by atoms with E-state index in [1.165, 1.54) is 11.2 Å². The van der Waals surface area contributed by atoms with Gasteiger partial charge in [-0.2, -0.15) is 4.31 Å². The van der Waals surface area contributed by atoms with Gasteiger partial charge in [0.15, 0.2) is 0 Å². The maximum atomic E-state index is 12.1. The first-order valence-corrected chi connectivity index (χ1v) is 8.04. The first-order valence-electron chi connectivity index (χ1n) is 6.43. The van der Waals surface area contributed by atoms with Gasteiger partial charge in [0.1, 0.15) is 5.78 Å². The Hall–Kier alpha value is -0.460. The molecule has 1 heterocycles. The van der Waals surface area contributed by atoms with Crippen molar-refractivity contribution in [2.45, 2.75) is 52.2 Å². The zero-order chi connectivity index (χ0) is 13.8. The summed E-state index contributed by atoms with van der Waals surface area (Å²) in [6.07, 6.45) is 1.97. The summed E-state index contributed by atoms with van der Waals surface area (Å²) in [4.78, 5) is 11.1. The summed E-state index contributed by atoms with van der Waals surface area (Å²) in [6.45, 7) is 6.00. The quantitative estimate of drug-likeness (QED) is 0.701. The molecule has 1 rings (SSSR count). The number of nitrogens with zero attached hydrogens (tertiary/aromatic N) is 1. The van der Waals surface area contributed by atoms with Crippen molar-refractivity contribution in [3.05, 3.63) is 0 Å². The number of sulfonamides is 1. The number of carbonyl (C=O) groups is 1. The molecule has 0 aromatic rings. The Morgan fingerprint density at radius 3 is 2.67 bits per heavy atom. The highest BCUT2D eigenvalue weighted by molar-refractivity contribution is 7.89. The summed E-state index contributed by atoms with van der Waals surface area (Å²) in [5, 5.41) is 0. The summed E-state index contributed by atoms with van der Waals surface area (Å²) in [6, 6.07) is -0.147. The van der Waals surface area contributed by atoms with Crippen molar-refractivity contribution < 1.29 is 17.9 Å². The van der Waals surface area contributed by atoms with Crippen molar-refractivity contribution in [3.8, 4) is 0 Å². The lowest BCUT2D eigenvalue weighted by atomic mass is 10.1. The van der Waals surface area contributed by atoms with E-state index >= 15 is 0 Å². The highest BCUT2D eigenvalue weighted by Crippen LogP contribution is 2.24. The van der Waals surface area contributed by atoms with Gasteiger partial charge < -0.3 is 4.74 Å². The summed E-state index contributed by atoms with van der Waals surface area (Å²) in [5.41, 5.74) is 0. The molecule has 0 radical (unpaired) electrons. The van der Waals surface area contributed by atoms with Crippen molar-refractivity contribution in [1.29, 1.82) is 0 Å². The van der Waals surface area contributed by atoms with E-state index in [4.69, 9.17) is 4.74 Å². The fraction of sp³-hybridized carbons (Fsp3) is 0.917. The van der Waals surface area contributed by atoms with Gasteiger partial charge in [-0.05, 0) is 33.6 Å². The number of hydrogen-bond donors (Lipinski definition) is 0. The molecule has 0 bridgehead atoms. The van der Waals surface area contributed by atoms with E-state index in [0.717, 1.165) is 12.8 Å². The van der Waals surface area contributed by atoms with Gasteiger partial charge >= 0.3 is 0 Å². The Morgan fingerprint density at radius 2 is 2.11 bits per heavy atom. The number of ketones is 1. The minimum absolute atomic E-state index is 0.000412. The van der Waals surface area contributed by atoms with Crippen LogP contribution in [0, 0.1) is 0 Å². The first-order chi connectivity index (χ1) is 8.33. The molecule has 0 aliphatic carbocycles. The molecule has 0 spiro atoms. The van der Waals surface area contributed by atoms with Crippen LogP contribution < -0.4 is 0 Å². The second-order valence-corrected chi connectivity index (χ2v) is 7.09. The van der Waals surface area contributed by atoms with Crippen LogP contribution in [0.5, 0.6) is 0 Å². The third kappa shape index (κ3) is 4.66. The minimum Gasteiger partial charge on any atom is -0.378 e. The van der Waals surface area contributed by atoms with E-state index in [1.54, 1.807) is 0 Å². The van der Waals surface area contributed by atoms with Crippen molar-refractivity contribution in [1.82, 2.24) is 4.31 Å². The summed E-state index contributed by atoms with van der Waals surface area (Å²) < 4.78 is 31.0. The van der Waals surface area contributed by atoms with Gasteiger partial charge in [-0.3, -0.25) is 4.79 Å². The zero-order valence-electron chi connectivity index (χ0n) is 11.4. The number of ether oxygens (including phenoxy) is 1. The van der Waals surface area contributed by atoms with Crippen molar-refractivity contribution in [3.63, 3.8) is 0 Å². The second-order valence-electron chi connectivity index (χ2n) is 5.05. The Kier molecular flexibility index (Phi) is 5.75. The fourth-order valence-corrected chi connectivity index (χ4v) is 3.80. The summed E-state index contributed by atoms with van der Waals surface area (Å²) in [5.74, 6) is 0.0417. The zero-order valence-corrected chi connectivity index (χ0v) is 12.2. The molecule has 106 valence electrons. The SMILES string of the molecule is CC(=O)CC1CCCN1S(=O)(=O)CCOC(C)C. The van der Waals surface area contributed by atoms with Gasteiger partial charge in [-0.1, -0.05) is 0 Å². The Labute approximate surface area is 110 Å². The Morgan fingerprint density at radius 1 is 1.44 bits per heavy atom. The molecule has 1 aliphatic heterocycles. The van der Waals surface area contributed by atoms with Crippen molar-refractivity contribution in [2.75, 3.05) is 18.9 Å². The normalized spacial score (nSPS) is 21.7. The number of rotatable bonds is 7. The second kappa shape index (κ2) is 6.63. The Balaban J connectivity index is 2.57. The van der Waals surface area contributed by atoms with Crippen LogP contribution in [0.2, 0.25) is 0 Å². The number of carbonyl (C=O) groups excluding carboxylic acids is 1. The lowest BCUT2D eigenvalue weighted by Crippen LogP contribution is -2.39. The van der Waals surface area contributed by atoms with Crippen LogP contribution in [-0.4, -0.2) is 49.6 Å². The predicted molar refractivity (Wildman–Crippen MR) is 69.9 cm³/mol. The number of Topliss-reactive ketones (excluding diaryl/α,β-unsaturated/α-hetero) is 1. The van der Waals surface area contributed by atoms with Crippen LogP contribution in [0.4, 0.5) is 0 Å². The molecule has 0 amide bonds. The van der Waals surface area contributed by atoms with Gasteiger partial charge in [-0.25, -0.2) is 8.42 Å². The molecule has 5 nitrogen and oxygen atoms in total. The summed E-state index contributed by atoms with van der Waals surface area (Å²) in [7, 11) is -3.29. The highest BCUT2D eigenvalue weighted by Gasteiger charge is 2.34. The van der Waals surface area contributed by atoms with Gasteiger partial charge in [0.2, 0.25) is 10.0 Å². The smallest absolute Gasteiger partial charge is 0.216 e. The first kappa shape index (κ1) is 15.6. The van der Waals surface area contributed by atoms with Gasteiger partial charge in [0, 0.05) is 19.0 Å². The van der Waals surface area contributed by atoms with Crippen LogP contribution in [0.15, 0.2) is 0 Å². The van der Waals surface area contributed by atoms with Gasteiger partial charge in [0.25, 0.3) is 0 Å². The van der Waals surface area contributed by atoms with E-state index < -0.39 is 10.0 Å². The standard InChI is InChI=1S/C12H23NO4S/c1-10(2)17-7-8-18(15,16)13-6-4-5-12(13)9-11(3)14/h10,12H,4-9H2,1-3H3. The molecule has 1 atom stereocenters. The molecule has 1 fully saturated rings. The predicted octanol–water partition coefficient (Wildman–Crippen LogP) is 1.18. The molecule has 6 heteroatoms. The third-order valence-corrected chi connectivity index (χ3v) is 4.87. The van der Waals surface area contributed by atoms with E-state index in [1.807, 2.05) is 13.8 Å². The molecule has 1 aliphatic rings. The van der Waals surface area contributed by atoms with Crippen molar-refractivity contribution in [2.24, 2.45) is 0 Å². The molecule has 0 aromatic carbocycles. The average molecular weight is 277 g/mol. The minimum atomic E-state index is -3.29. The topological polar surface area (TPSA) is 63.7 Å². The van der Waals surface area contributed by atoms with Crippen LogP contribution in [0.25, 0.3) is 0 Å². The largest absolute Gasteiger partial charge is 0.378 e. The monoisotopic (exact) mass is 277 g/mol. The average Bonchev–Trinajstić information content (AvgIpc) is 2.64. The Bertz CT molecular complexity index is 378. The third-order valence-electron chi connectivity index (χ3n) is 3.00. The summed E-state index contributed by atoms with van der Waals surface area (Å²) >= 11 is 0. The van der Waals surface area contributed by atoms with Gasteiger partial charge in [0.05, 0.1) is 18.5 Å². The van der Waals surface area contributed by atoms with E-state index in [-0.39, 0.29) is 30.3 Å². The van der Waals surface area contributed by atoms with E-state index in [2.05, 4.69) is 0 Å². The van der Waals surface area contributed by atoms with Gasteiger partial charge in [-0.15, -0.1) is 0 Å². The molecule has 0 aromatic heterocycles. The number of hydrogen-bond acceptors (Lipinski definition) is 4. The molecule has 0 N–H and O–H groups in total. The molecule has 0 saturated carbocycles. The van der Waals surface area contributed by atoms with Crippen LogP contribution in [-0.2, 0) is 19.6 Å². The lowest BCUT2D eigenvalue weighted by Gasteiger charge is -2.23. The van der Waals surface area contributed by atoms with Crippen molar-refractivity contribution >= 4 is 15.8 Å². The fourth-order valence-electron chi connectivity index (χ4n) is 2.22. The molecular formula is C12H23NO4S. The molecular weight excluding hydrogens is 254 g/mol. The maximum absolute atomic E-state index is 12.1. The lowest BCUT2D eigenvalue weighted by molar-refractivity contribution is -0.117. The van der Waals surface area contributed by atoms with E-state index in [0.29, 0.717) is 13.0 Å². The molecule has 1 unspecified atom stereocenters. The van der Waals surface area contributed by atoms with Crippen LogP contribution in [0.3, 0.4) is 0 Å². The molecule has 1 saturated heterocycles. The van der Waals surface area contributed by atoms with E-state index in [9.17, 15) is 13.2 Å².